The number of fused-ring (bicyclic) bond motifs is 2. The Kier molecular flexibility index (Phi) is 6.41. The molecule has 9 heteroatoms. The van der Waals surface area contributed by atoms with Gasteiger partial charge in [-0.1, -0.05) is 35.5 Å². The van der Waals surface area contributed by atoms with Gasteiger partial charge in [0, 0.05) is 37.6 Å². The number of methoxy groups -OCH3 is 1. The molecule has 0 saturated heterocycles. The fourth-order valence-electron chi connectivity index (χ4n) is 3.52. The van der Waals surface area contributed by atoms with E-state index in [1.807, 2.05) is 0 Å². The highest BCUT2D eigenvalue weighted by Crippen LogP contribution is 2.25. The predicted octanol–water partition coefficient (Wildman–Crippen LogP) is 3.47. The minimum absolute atomic E-state index is 0.152. The first-order valence-electron chi connectivity index (χ1n) is 9.78. The number of carbonyl (C=O) groups is 2. The van der Waals surface area contributed by atoms with E-state index in [2.05, 4.69) is 4.98 Å². The van der Waals surface area contributed by atoms with E-state index >= 15 is 0 Å². The maximum absolute atomic E-state index is 13.0. The van der Waals surface area contributed by atoms with Crippen LogP contribution >= 0.6 is 23.4 Å². The lowest BCUT2D eigenvalue weighted by Crippen LogP contribution is -2.32. The summed E-state index contributed by atoms with van der Waals surface area (Å²) in [6.45, 7) is 1.19. The van der Waals surface area contributed by atoms with Gasteiger partial charge in [-0.2, -0.15) is 0 Å². The van der Waals surface area contributed by atoms with Crippen LogP contribution in [0.1, 0.15) is 27.1 Å². The molecule has 0 fully saturated rings. The van der Waals surface area contributed by atoms with E-state index in [1.54, 1.807) is 54.1 Å². The quantitative estimate of drug-likeness (QED) is 0.223. The molecule has 3 aromatic rings. The molecule has 31 heavy (non-hydrogen) atoms. The Morgan fingerprint density at radius 3 is 2.42 bits per heavy atom. The van der Waals surface area contributed by atoms with Gasteiger partial charge >= 0.3 is 0 Å². The van der Waals surface area contributed by atoms with Crippen molar-refractivity contribution in [2.24, 2.45) is 0 Å². The Labute approximate surface area is 188 Å². The van der Waals surface area contributed by atoms with Crippen LogP contribution in [-0.2, 0) is 11.3 Å². The molecule has 4 rings (SSSR count). The van der Waals surface area contributed by atoms with Crippen LogP contribution in [0.25, 0.3) is 10.9 Å². The zero-order chi connectivity index (χ0) is 22.0. The van der Waals surface area contributed by atoms with Crippen LogP contribution in [0.4, 0.5) is 0 Å². The molecule has 2 heterocycles. The zero-order valence-corrected chi connectivity index (χ0v) is 18.4. The second kappa shape index (κ2) is 9.21. The van der Waals surface area contributed by atoms with Gasteiger partial charge in [-0.05, 0) is 36.8 Å². The molecule has 2 aromatic carbocycles. The smallest absolute Gasteiger partial charge is 0.262 e. The molecule has 160 valence electrons. The molecule has 0 atom stereocenters. The number of thioether (sulfide) groups is 1. The third kappa shape index (κ3) is 4.23. The molecule has 0 spiro atoms. The highest BCUT2D eigenvalue weighted by molar-refractivity contribution is 7.99. The topological polar surface area (TPSA) is 81.5 Å². The molecule has 1 aromatic heterocycles. The molecule has 1 aliphatic rings. The van der Waals surface area contributed by atoms with Gasteiger partial charge in [0.05, 0.1) is 22.0 Å². The van der Waals surface area contributed by atoms with Gasteiger partial charge in [0.15, 0.2) is 5.16 Å². The Bertz CT molecular complexity index is 1190. The van der Waals surface area contributed by atoms with Crippen molar-refractivity contribution < 1.29 is 14.3 Å². The fourth-order valence-corrected chi connectivity index (χ4v) is 4.63. The number of hydrogen-bond acceptors (Lipinski definition) is 6. The van der Waals surface area contributed by atoms with Gasteiger partial charge in [0.1, 0.15) is 0 Å². The molecular weight excluding hydrogens is 438 g/mol. The summed E-state index contributed by atoms with van der Waals surface area (Å²) in [6.07, 6.45) is 0.656. The fraction of sp³-hybridized carbons (Fsp3) is 0.273. The van der Waals surface area contributed by atoms with Crippen molar-refractivity contribution in [3.8, 4) is 0 Å². The van der Waals surface area contributed by atoms with Crippen molar-refractivity contribution in [1.82, 2.24) is 14.5 Å². The number of amides is 2. The Morgan fingerprint density at radius 2 is 1.74 bits per heavy atom. The molecule has 0 radical (unpaired) electrons. The second-order valence-corrected chi connectivity index (χ2v) is 8.51. The summed E-state index contributed by atoms with van der Waals surface area (Å²) in [5.41, 5.74) is 1.21. The van der Waals surface area contributed by atoms with Gasteiger partial charge in [-0.25, -0.2) is 4.98 Å². The number of nitrogens with zero attached hydrogens (tertiary/aromatic N) is 3. The minimum Gasteiger partial charge on any atom is -0.385 e. The van der Waals surface area contributed by atoms with Gasteiger partial charge in [0.25, 0.3) is 17.4 Å². The normalized spacial score (nSPS) is 13.3. The summed E-state index contributed by atoms with van der Waals surface area (Å²) in [7, 11) is 1.61. The largest absolute Gasteiger partial charge is 0.385 e. The van der Waals surface area contributed by atoms with E-state index in [4.69, 9.17) is 16.3 Å². The minimum atomic E-state index is -0.295. The maximum Gasteiger partial charge on any atom is 0.262 e. The third-order valence-electron chi connectivity index (χ3n) is 5.04. The second-order valence-electron chi connectivity index (χ2n) is 7.01. The van der Waals surface area contributed by atoms with Crippen LogP contribution in [0.5, 0.6) is 0 Å². The van der Waals surface area contributed by atoms with Crippen LogP contribution in [0.2, 0.25) is 5.02 Å². The average Bonchev–Trinajstić information content (AvgIpc) is 3.00. The summed E-state index contributed by atoms with van der Waals surface area (Å²) in [6, 6.07) is 11.8. The summed E-state index contributed by atoms with van der Waals surface area (Å²) in [5, 5.41) is 1.51. The molecule has 2 amide bonds. The zero-order valence-electron chi connectivity index (χ0n) is 16.8. The van der Waals surface area contributed by atoms with Gasteiger partial charge in [-0.3, -0.25) is 23.9 Å². The molecular formula is C22H20ClN3O4S. The lowest BCUT2D eigenvalue weighted by molar-refractivity contribution is 0.0664. The first-order valence-corrected chi connectivity index (χ1v) is 11.1. The first-order chi connectivity index (χ1) is 15.0. The van der Waals surface area contributed by atoms with Crippen molar-refractivity contribution in [3.05, 3.63) is 69.0 Å². The number of aromatic nitrogens is 2. The van der Waals surface area contributed by atoms with Crippen molar-refractivity contribution in [2.75, 3.05) is 26.0 Å². The van der Waals surface area contributed by atoms with Gasteiger partial charge in [-0.15, -0.1) is 0 Å². The number of carbonyl (C=O) groups excluding carboxylic acids is 2. The lowest BCUT2D eigenvalue weighted by Gasteiger charge is -2.16. The van der Waals surface area contributed by atoms with Crippen molar-refractivity contribution >= 4 is 46.1 Å². The van der Waals surface area contributed by atoms with Crippen molar-refractivity contribution in [2.45, 2.75) is 18.1 Å². The third-order valence-corrected chi connectivity index (χ3v) is 6.23. The van der Waals surface area contributed by atoms with E-state index in [-0.39, 0.29) is 23.9 Å². The van der Waals surface area contributed by atoms with Crippen molar-refractivity contribution in [3.63, 3.8) is 0 Å². The van der Waals surface area contributed by atoms with E-state index in [9.17, 15) is 14.4 Å². The van der Waals surface area contributed by atoms with Crippen LogP contribution in [0.3, 0.4) is 0 Å². The highest BCUT2D eigenvalue weighted by Gasteiger charge is 2.34. The van der Waals surface area contributed by atoms with Crippen LogP contribution < -0.4 is 5.56 Å². The summed E-state index contributed by atoms with van der Waals surface area (Å²) < 4.78 is 6.72. The standard InChI is InChI=1S/C22H20ClN3O4S/c1-30-11-4-9-26-21(29)17-8-7-14(23)13-18(17)24-22(26)31-12-10-25-19(27)15-5-2-3-6-16(15)20(25)28/h2-3,5-8,13H,4,9-12H2,1H3. The summed E-state index contributed by atoms with van der Waals surface area (Å²) in [4.78, 5) is 44.0. The molecule has 7 nitrogen and oxygen atoms in total. The molecule has 0 N–H and O–H groups in total. The average molecular weight is 458 g/mol. The summed E-state index contributed by atoms with van der Waals surface area (Å²) >= 11 is 7.41. The number of halogens is 1. The molecule has 0 unspecified atom stereocenters. The molecule has 1 aliphatic heterocycles. The first kappa shape index (κ1) is 21.5. The highest BCUT2D eigenvalue weighted by atomic mass is 35.5. The number of hydrogen-bond donors (Lipinski definition) is 0. The summed E-state index contributed by atoms with van der Waals surface area (Å²) in [5.74, 6) is -0.178. The van der Waals surface area contributed by atoms with Gasteiger partial charge < -0.3 is 4.74 Å². The SMILES string of the molecule is COCCCn1c(SCCN2C(=O)c3ccccc3C2=O)nc2cc(Cl)ccc2c1=O. The number of rotatable bonds is 8. The van der Waals surface area contributed by atoms with E-state index < -0.39 is 0 Å². The number of ether oxygens (including phenoxy) is 1. The van der Waals surface area contributed by atoms with Crippen molar-refractivity contribution in [1.29, 1.82) is 0 Å². The Morgan fingerprint density at radius 1 is 1.03 bits per heavy atom. The maximum atomic E-state index is 13.0. The molecule has 0 saturated carbocycles. The molecule has 0 bridgehead atoms. The van der Waals surface area contributed by atoms with Gasteiger partial charge in [0.2, 0.25) is 0 Å². The predicted molar refractivity (Wildman–Crippen MR) is 120 cm³/mol. The number of imide groups is 1. The lowest BCUT2D eigenvalue weighted by atomic mass is 10.1. The monoisotopic (exact) mass is 457 g/mol. The van der Waals surface area contributed by atoms with Crippen LogP contribution in [0.15, 0.2) is 52.4 Å². The van der Waals surface area contributed by atoms with E-state index in [0.717, 1.165) is 0 Å². The van der Waals surface area contributed by atoms with E-state index in [0.29, 0.717) is 57.5 Å². The number of benzene rings is 2. The van der Waals surface area contributed by atoms with E-state index in [1.165, 1.54) is 16.7 Å². The molecule has 0 aliphatic carbocycles. The van der Waals surface area contributed by atoms with Crippen LogP contribution in [0, 0.1) is 0 Å². The van der Waals surface area contributed by atoms with Crippen LogP contribution in [-0.4, -0.2) is 52.3 Å². The Hall–Kier alpha value is -2.68. The Balaban J connectivity index is 1.56.